The summed E-state index contributed by atoms with van der Waals surface area (Å²) in [6.45, 7) is 6.32. The lowest BCUT2D eigenvalue weighted by molar-refractivity contribution is 0.135. The number of hydrazine groups is 1. The number of halogens is 1. The van der Waals surface area contributed by atoms with Gasteiger partial charge in [0.15, 0.2) is 0 Å². The van der Waals surface area contributed by atoms with Gasteiger partial charge in [0.1, 0.15) is 16.8 Å². The second-order valence-electron chi connectivity index (χ2n) is 4.77. The Hall–Kier alpha value is -0.870. The molecule has 1 aromatic heterocycles. The molecule has 1 aliphatic heterocycles. The summed E-state index contributed by atoms with van der Waals surface area (Å²) in [5.74, 6) is 1.47. The summed E-state index contributed by atoms with van der Waals surface area (Å²) >= 11 is 5.93. The van der Waals surface area contributed by atoms with Gasteiger partial charge in [0.25, 0.3) is 0 Å². The summed E-state index contributed by atoms with van der Waals surface area (Å²) in [4.78, 5) is 8.41. The van der Waals surface area contributed by atoms with Gasteiger partial charge < -0.3 is 5.43 Å². The van der Waals surface area contributed by atoms with Crippen molar-refractivity contribution in [2.24, 2.45) is 0 Å². The van der Waals surface area contributed by atoms with E-state index in [1.54, 1.807) is 6.07 Å². The second-order valence-corrected chi connectivity index (χ2v) is 5.16. The third-order valence-electron chi connectivity index (χ3n) is 3.24. The van der Waals surface area contributed by atoms with Crippen molar-refractivity contribution < 1.29 is 0 Å². The molecule has 1 saturated heterocycles. The molecule has 1 fully saturated rings. The van der Waals surface area contributed by atoms with Gasteiger partial charge in [0, 0.05) is 18.2 Å². The van der Waals surface area contributed by atoms with Crippen LogP contribution < -0.4 is 5.43 Å². The standard InChI is InChI=1S/C12H19ClN4/c1-8-5-4-6-9(2)17(8)16-12-7-11(13)14-10(3)15-12/h7-9H,4-6H2,1-3H3,(H,14,15,16). The van der Waals surface area contributed by atoms with Crippen LogP contribution in [0.25, 0.3) is 0 Å². The fourth-order valence-corrected chi connectivity index (χ4v) is 2.59. The maximum Gasteiger partial charge on any atom is 0.145 e. The van der Waals surface area contributed by atoms with Gasteiger partial charge in [-0.25, -0.2) is 15.0 Å². The number of hydrogen-bond acceptors (Lipinski definition) is 4. The van der Waals surface area contributed by atoms with E-state index in [1.165, 1.54) is 19.3 Å². The molecule has 17 heavy (non-hydrogen) atoms. The predicted octanol–water partition coefficient (Wildman–Crippen LogP) is 3.03. The quantitative estimate of drug-likeness (QED) is 0.824. The van der Waals surface area contributed by atoms with E-state index in [-0.39, 0.29) is 0 Å². The van der Waals surface area contributed by atoms with Crippen LogP contribution in [0.15, 0.2) is 6.07 Å². The largest absolute Gasteiger partial charge is 0.302 e. The highest BCUT2D eigenvalue weighted by molar-refractivity contribution is 6.29. The summed E-state index contributed by atoms with van der Waals surface area (Å²) in [7, 11) is 0. The molecule has 1 N–H and O–H groups in total. The van der Waals surface area contributed by atoms with Crippen LogP contribution in [0.5, 0.6) is 0 Å². The van der Waals surface area contributed by atoms with Crippen molar-refractivity contribution in [1.29, 1.82) is 0 Å². The molecular formula is C12H19ClN4. The average Bonchev–Trinajstić information content (AvgIpc) is 2.22. The first-order valence-electron chi connectivity index (χ1n) is 6.12. The van der Waals surface area contributed by atoms with Crippen LogP contribution >= 0.6 is 11.6 Å². The van der Waals surface area contributed by atoms with Crippen molar-refractivity contribution in [2.75, 3.05) is 5.43 Å². The Morgan fingerprint density at radius 2 is 1.94 bits per heavy atom. The van der Waals surface area contributed by atoms with E-state index in [1.807, 2.05) is 6.92 Å². The van der Waals surface area contributed by atoms with Crippen molar-refractivity contribution in [3.63, 3.8) is 0 Å². The lowest BCUT2D eigenvalue weighted by Gasteiger charge is -2.39. The highest BCUT2D eigenvalue weighted by atomic mass is 35.5. The topological polar surface area (TPSA) is 41.1 Å². The molecule has 1 aromatic rings. The van der Waals surface area contributed by atoms with Crippen molar-refractivity contribution >= 4 is 17.4 Å². The fraction of sp³-hybridized carbons (Fsp3) is 0.667. The summed E-state index contributed by atoms with van der Waals surface area (Å²) < 4.78 is 0. The molecule has 2 unspecified atom stereocenters. The van der Waals surface area contributed by atoms with Gasteiger partial charge >= 0.3 is 0 Å². The molecule has 0 saturated carbocycles. The number of aromatic nitrogens is 2. The molecule has 4 nitrogen and oxygen atoms in total. The minimum atomic E-state index is 0.484. The molecule has 2 rings (SSSR count). The predicted molar refractivity (Wildman–Crippen MR) is 70.0 cm³/mol. The molecule has 2 atom stereocenters. The summed E-state index contributed by atoms with van der Waals surface area (Å²) in [6, 6.07) is 2.81. The van der Waals surface area contributed by atoms with Crippen LogP contribution in [0, 0.1) is 6.92 Å². The molecule has 0 aliphatic carbocycles. The molecule has 94 valence electrons. The Morgan fingerprint density at radius 3 is 2.53 bits per heavy atom. The highest BCUT2D eigenvalue weighted by Gasteiger charge is 2.24. The highest BCUT2D eigenvalue weighted by Crippen LogP contribution is 2.23. The number of anilines is 1. The van der Waals surface area contributed by atoms with E-state index in [0.29, 0.717) is 23.1 Å². The first-order chi connectivity index (χ1) is 8.06. The van der Waals surface area contributed by atoms with Crippen LogP contribution in [-0.2, 0) is 0 Å². The average molecular weight is 255 g/mol. The van der Waals surface area contributed by atoms with Gasteiger partial charge in [0.2, 0.25) is 0 Å². The Labute approximate surface area is 107 Å². The van der Waals surface area contributed by atoms with E-state index in [0.717, 1.165) is 5.82 Å². The van der Waals surface area contributed by atoms with Gasteiger partial charge in [-0.05, 0) is 33.6 Å². The molecule has 0 bridgehead atoms. The molecular weight excluding hydrogens is 236 g/mol. The first-order valence-corrected chi connectivity index (χ1v) is 6.50. The number of nitrogens with zero attached hydrogens (tertiary/aromatic N) is 3. The SMILES string of the molecule is Cc1nc(Cl)cc(NN2C(C)CCCC2C)n1. The number of piperidine rings is 1. The van der Waals surface area contributed by atoms with Crippen molar-refractivity contribution in [3.8, 4) is 0 Å². The van der Waals surface area contributed by atoms with Gasteiger partial charge in [0.05, 0.1) is 0 Å². The van der Waals surface area contributed by atoms with E-state index < -0.39 is 0 Å². The third-order valence-corrected chi connectivity index (χ3v) is 3.44. The lowest BCUT2D eigenvalue weighted by Crippen LogP contribution is -2.47. The van der Waals surface area contributed by atoms with Crippen LogP contribution in [0.3, 0.4) is 0 Å². The minimum Gasteiger partial charge on any atom is -0.302 e. The zero-order chi connectivity index (χ0) is 12.4. The van der Waals surface area contributed by atoms with Crippen LogP contribution in [0.2, 0.25) is 5.15 Å². The van der Waals surface area contributed by atoms with Gasteiger partial charge in [-0.15, -0.1) is 0 Å². The van der Waals surface area contributed by atoms with Crippen molar-refractivity contribution in [3.05, 3.63) is 17.0 Å². The fourth-order valence-electron chi connectivity index (χ4n) is 2.36. The molecule has 1 aliphatic rings. The van der Waals surface area contributed by atoms with Crippen LogP contribution in [0.4, 0.5) is 5.82 Å². The number of aryl methyl sites for hydroxylation is 1. The third kappa shape index (κ3) is 3.07. The molecule has 0 aromatic carbocycles. The van der Waals surface area contributed by atoms with E-state index in [4.69, 9.17) is 11.6 Å². The maximum atomic E-state index is 5.93. The molecule has 0 radical (unpaired) electrons. The molecule has 5 heteroatoms. The smallest absolute Gasteiger partial charge is 0.145 e. The van der Waals surface area contributed by atoms with Crippen LogP contribution in [-0.4, -0.2) is 27.1 Å². The van der Waals surface area contributed by atoms with Crippen molar-refractivity contribution in [1.82, 2.24) is 15.0 Å². The lowest BCUT2D eigenvalue weighted by atomic mass is 10.00. The van der Waals surface area contributed by atoms with Crippen molar-refractivity contribution in [2.45, 2.75) is 52.1 Å². The van der Waals surface area contributed by atoms with E-state index in [2.05, 4.69) is 34.3 Å². The molecule has 2 heterocycles. The summed E-state index contributed by atoms with van der Waals surface area (Å²) in [5.41, 5.74) is 3.36. The summed E-state index contributed by atoms with van der Waals surface area (Å²) in [5, 5.41) is 2.75. The molecule has 0 spiro atoms. The van der Waals surface area contributed by atoms with E-state index >= 15 is 0 Å². The number of nitrogens with one attached hydrogen (secondary N) is 1. The Bertz CT molecular complexity index is 366. The second kappa shape index (κ2) is 5.19. The maximum absolute atomic E-state index is 5.93. The van der Waals surface area contributed by atoms with Crippen LogP contribution in [0.1, 0.15) is 38.9 Å². The number of rotatable bonds is 2. The Kier molecular flexibility index (Phi) is 3.84. The zero-order valence-corrected chi connectivity index (χ0v) is 11.3. The summed E-state index contributed by atoms with van der Waals surface area (Å²) in [6.07, 6.45) is 3.73. The first kappa shape index (κ1) is 12.6. The van der Waals surface area contributed by atoms with Gasteiger partial charge in [-0.1, -0.05) is 18.0 Å². The minimum absolute atomic E-state index is 0.484. The number of hydrogen-bond donors (Lipinski definition) is 1. The van der Waals surface area contributed by atoms with Gasteiger partial charge in [-0.2, -0.15) is 0 Å². The Balaban J connectivity index is 2.13. The zero-order valence-electron chi connectivity index (χ0n) is 10.6. The monoisotopic (exact) mass is 254 g/mol. The van der Waals surface area contributed by atoms with E-state index in [9.17, 15) is 0 Å². The molecule has 0 amide bonds. The normalized spacial score (nSPS) is 25.9. The van der Waals surface area contributed by atoms with Gasteiger partial charge in [-0.3, -0.25) is 0 Å². The Morgan fingerprint density at radius 1 is 1.29 bits per heavy atom.